The summed E-state index contributed by atoms with van der Waals surface area (Å²) in [6.45, 7) is 1.66. The van der Waals surface area contributed by atoms with Crippen LogP contribution in [-0.2, 0) is 4.79 Å². The summed E-state index contributed by atoms with van der Waals surface area (Å²) in [4.78, 5) is 11.8. The molecule has 1 N–H and O–H groups in total. The second-order valence-corrected chi connectivity index (χ2v) is 4.90. The molecule has 0 bridgehead atoms. The Labute approximate surface area is 141 Å². The van der Waals surface area contributed by atoms with Crippen molar-refractivity contribution in [2.24, 2.45) is 5.10 Å². The number of carbonyl (C=O) groups excluding carboxylic acids is 1. The Kier molecular flexibility index (Phi) is 6.19. The Balaban J connectivity index is 1.89. The van der Waals surface area contributed by atoms with Gasteiger partial charge >= 0.3 is 0 Å². The number of amides is 1. The third-order valence-corrected chi connectivity index (χ3v) is 3.28. The van der Waals surface area contributed by atoms with E-state index in [4.69, 9.17) is 14.2 Å². The second kappa shape index (κ2) is 8.57. The molecule has 6 nitrogen and oxygen atoms in total. The van der Waals surface area contributed by atoms with Gasteiger partial charge in [0.15, 0.2) is 18.1 Å². The highest BCUT2D eigenvalue weighted by Gasteiger charge is 2.06. The lowest BCUT2D eigenvalue weighted by Gasteiger charge is -2.09. The summed E-state index contributed by atoms with van der Waals surface area (Å²) in [5, 5.41) is 4.07. The lowest BCUT2D eigenvalue weighted by atomic mass is 10.1. The van der Waals surface area contributed by atoms with Crippen molar-refractivity contribution in [3.63, 3.8) is 0 Å². The van der Waals surface area contributed by atoms with E-state index in [9.17, 15) is 4.79 Å². The highest BCUT2D eigenvalue weighted by molar-refractivity contribution is 5.99. The minimum Gasteiger partial charge on any atom is -0.497 e. The maximum Gasteiger partial charge on any atom is 0.277 e. The lowest BCUT2D eigenvalue weighted by molar-refractivity contribution is -0.123. The van der Waals surface area contributed by atoms with Crippen LogP contribution in [0.5, 0.6) is 17.2 Å². The first-order valence-electron chi connectivity index (χ1n) is 7.37. The summed E-state index contributed by atoms with van der Waals surface area (Å²) >= 11 is 0. The van der Waals surface area contributed by atoms with Crippen LogP contribution in [0.25, 0.3) is 0 Å². The normalized spacial score (nSPS) is 10.9. The van der Waals surface area contributed by atoms with Gasteiger partial charge in [-0.25, -0.2) is 5.43 Å². The van der Waals surface area contributed by atoms with Crippen molar-refractivity contribution in [1.29, 1.82) is 0 Å². The van der Waals surface area contributed by atoms with E-state index in [2.05, 4.69) is 10.5 Å². The molecule has 0 unspecified atom stereocenters. The number of hydrogen-bond donors (Lipinski definition) is 1. The van der Waals surface area contributed by atoms with Gasteiger partial charge in [-0.3, -0.25) is 4.79 Å². The van der Waals surface area contributed by atoms with Crippen LogP contribution in [0.4, 0.5) is 0 Å². The van der Waals surface area contributed by atoms with Crippen LogP contribution in [0.1, 0.15) is 12.5 Å². The van der Waals surface area contributed by atoms with Crippen molar-refractivity contribution >= 4 is 11.6 Å². The molecule has 1 amide bonds. The quantitative estimate of drug-likeness (QED) is 0.626. The van der Waals surface area contributed by atoms with Gasteiger partial charge in [-0.15, -0.1) is 0 Å². The molecule has 0 saturated heterocycles. The summed E-state index contributed by atoms with van der Waals surface area (Å²) in [6.07, 6.45) is 0. The first kappa shape index (κ1) is 17.3. The zero-order valence-electron chi connectivity index (χ0n) is 13.9. The Bertz CT molecular complexity index is 711. The second-order valence-electron chi connectivity index (χ2n) is 4.90. The number of nitrogens with one attached hydrogen (secondary N) is 1. The van der Waals surface area contributed by atoms with Crippen molar-refractivity contribution in [3.05, 3.63) is 54.1 Å². The van der Waals surface area contributed by atoms with Gasteiger partial charge in [0.25, 0.3) is 5.91 Å². The molecular weight excluding hydrogens is 308 g/mol. The van der Waals surface area contributed by atoms with Gasteiger partial charge in [0.05, 0.1) is 19.9 Å². The van der Waals surface area contributed by atoms with Crippen molar-refractivity contribution in [2.45, 2.75) is 6.92 Å². The third kappa shape index (κ3) is 4.74. The molecule has 0 atom stereocenters. The highest BCUT2D eigenvalue weighted by Crippen LogP contribution is 2.25. The van der Waals surface area contributed by atoms with E-state index in [-0.39, 0.29) is 12.5 Å². The molecule has 0 spiro atoms. The minimum absolute atomic E-state index is 0.153. The SMILES string of the molecule is COc1ccc(/C(C)=N/NC(=O)COc2ccccc2OC)cc1. The van der Waals surface area contributed by atoms with Crippen LogP contribution >= 0.6 is 0 Å². The average molecular weight is 328 g/mol. The fourth-order valence-corrected chi connectivity index (χ4v) is 1.96. The van der Waals surface area contributed by atoms with Gasteiger partial charge in [-0.1, -0.05) is 12.1 Å². The molecule has 0 radical (unpaired) electrons. The summed E-state index contributed by atoms with van der Waals surface area (Å²) < 4.78 is 15.7. The molecule has 0 aliphatic carbocycles. The number of nitrogens with zero attached hydrogens (tertiary/aromatic N) is 1. The van der Waals surface area contributed by atoms with E-state index < -0.39 is 0 Å². The van der Waals surface area contributed by atoms with E-state index in [1.54, 1.807) is 26.4 Å². The first-order chi connectivity index (χ1) is 11.6. The molecule has 2 rings (SSSR count). The van der Waals surface area contributed by atoms with Crippen LogP contribution in [-0.4, -0.2) is 32.4 Å². The number of para-hydroxylation sites is 2. The van der Waals surface area contributed by atoms with E-state index >= 15 is 0 Å². The third-order valence-electron chi connectivity index (χ3n) is 3.28. The molecule has 0 aliphatic rings. The summed E-state index contributed by atoms with van der Waals surface area (Å²) in [7, 11) is 3.16. The van der Waals surface area contributed by atoms with E-state index in [1.807, 2.05) is 43.3 Å². The largest absolute Gasteiger partial charge is 0.497 e. The molecule has 2 aromatic carbocycles. The molecule has 0 aliphatic heterocycles. The monoisotopic (exact) mass is 328 g/mol. The van der Waals surface area contributed by atoms with Gasteiger partial charge in [-0.05, 0) is 48.9 Å². The Morgan fingerprint density at radius 1 is 1.00 bits per heavy atom. The minimum atomic E-state index is -0.353. The molecule has 0 heterocycles. The Hall–Kier alpha value is -3.02. The molecule has 24 heavy (non-hydrogen) atoms. The smallest absolute Gasteiger partial charge is 0.277 e. The molecule has 2 aromatic rings. The Morgan fingerprint density at radius 3 is 2.29 bits per heavy atom. The van der Waals surface area contributed by atoms with Crippen molar-refractivity contribution in [2.75, 3.05) is 20.8 Å². The van der Waals surface area contributed by atoms with E-state index in [1.165, 1.54) is 0 Å². The predicted molar refractivity (Wildman–Crippen MR) is 91.8 cm³/mol. The number of ether oxygens (including phenoxy) is 3. The highest BCUT2D eigenvalue weighted by atomic mass is 16.5. The number of hydrazone groups is 1. The molecule has 0 aromatic heterocycles. The van der Waals surface area contributed by atoms with Crippen LogP contribution in [0.2, 0.25) is 0 Å². The van der Waals surface area contributed by atoms with Crippen molar-refractivity contribution in [3.8, 4) is 17.2 Å². The fraction of sp³-hybridized carbons (Fsp3) is 0.222. The van der Waals surface area contributed by atoms with E-state index in [0.717, 1.165) is 11.3 Å². The zero-order valence-corrected chi connectivity index (χ0v) is 13.9. The topological polar surface area (TPSA) is 69.2 Å². The number of benzene rings is 2. The number of methoxy groups -OCH3 is 2. The van der Waals surface area contributed by atoms with E-state index in [0.29, 0.717) is 17.2 Å². The molecule has 0 saturated carbocycles. The van der Waals surface area contributed by atoms with Crippen LogP contribution < -0.4 is 19.6 Å². The van der Waals surface area contributed by atoms with Gasteiger partial charge < -0.3 is 14.2 Å². The summed E-state index contributed by atoms with van der Waals surface area (Å²) in [5.74, 6) is 1.49. The first-order valence-corrected chi connectivity index (χ1v) is 7.37. The summed E-state index contributed by atoms with van der Waals surface area (Å²) in [5.41, 5.74) is 4.04. The fourth-order valence-electron chi connectivity index (χ4n) is 1.96. The summed E-state index contributed by atoms with van der Waals surface area (Å²) in [6, 6.07) is 14.5. The van der Waals surface area contributed by atoms with Crippen LogP contribution in [0.15, 0.2) is 53.6 Å². The average Bonchev–Trinajstić information content (AvgIpc) is 2.64. The number of hydrogen-bond acceptors (Lipinski definition) is 5. The van der Waals surface area contributed by atoms with Crippen LogP contribution in [0, 0.1) is 0 Å². The van der Waals surface area contributed by atoms with Gasteiger partial charge in [0, 0.05) is 0 Å². The zero-order chi connectivity index (χ0) is 17.4. The number of carbonyl (C=O) groups is 1. The molecule has 126 valence electrons. The molecule has 6 heteroatoms. The molecular formula is C18H20N2O4. The number of rotatable bonds is 7. The van der Waals surface area contributed by atoms with Gasteiger partial charge in [-0.2, -0.15) is 5.10 Å². The maximum absolute atomic E-state index is 11.8. The molecule has 0 fully saturated rings. The lowest BCUT2D eigenvalue weighted by Crippen LogP contribution is -2.25. The van der Waals surface area contributed by atoms with Crippen molar-refractivity contribution in [1.82, 2.24) is 5.43 Å². The predicted octanol–water partition coefficient (Wildman–Crippen LogP) is 2.62. The maximum atomic E-state index is 11.8. The van der Waals surface area contributed by atoms with Gasteiger partial charge in [0.1, 0.15) is 5.75 Å². The van der Waals surface area contributed by atoms with Crippen molar-refractivity contribution < 1.29 is 19.0 Å². The standard InChI is InChI=1S/C18H20N2O4/c1-13(14-8-10-15(22-2)11-9-14)19-20-18(21)12-24-17-7-5-4-6-16(17)23-3/h4-11H,12H2,1-3H3,(H,20,21)/b19-13+. The Morgan fingerprint density at radius 2 is 1.67 bits per heavy atom. The van der Waals surface area contributed by atoms with Gasteiger partial charge in [0.2, 0.25) is 0 Å². The van der Waals surface area contributed by atoms with Crippen LogP contribution in [0.3, 0.4) is 0 Å².